The van der Waals surface area contributed by atoms with E-state index >= 15 is 0 Å². The lowest BCUT2D eigenvalue weighted by atomic mass is 9.68. The molecule has 3 aromatic carbocycles. The Kier molecular flexibility index (Phi) is 7.13. The lowest BCUT2D eigenvalue weighted by Crippen LogP contribution is -2.26. The number of benzene rings is 3. The predicted octanol–water partition coefficient (Wildman–Crippen LogP) is 6.31. The molecule has 7 rings (SSSR count). The Hall–Kier alpha value is -2.90. The standard InChI is InChI=1S/C37H46N2O4/c1-19-7-23(8-20(2)35(19)38)32-30(12-26-16-41-26)29(11-25-15-40-25)31(13-27-17-42-27)34(37(5,6)14-28-18-43-28)33(32)24-9-21(3)36(39)22(4)10-24/h7-10,25-28H,11-18,38-39H2,1-6H3. The molecule has 4 heterocycles. The van der Waals surface area contributed by atoms with Crippen LogP contribution in [0.2, 0.25) is 0 Å². The van der Waals surface area contributed by atoms with Gasteiger partial charge in [-0.2, -0.15) is 0 Å². The lowest BCUT2D eigenvalue weighted by molar-refractivity contribution is 0.343. The van der Waals surface area contributed by atoms with Gasteiger partial charge in [-0.1, -0.05) is 13.8 Å². The van der Waals surface area contributed by atoms with Gasteiger partial charge in [0, 0.05) is 30.6 Å². The molecule has 4 aliphatic heterocycles. The van der Waals surface area contributed by atoms with Gasteiger partial charge in [-0.05, 0) is 131 Å². The smallest absolute Gasteiger partial charge is 0.0850 e. The Labute approximate surface area is 256 Å². The first-order chi connectivity index (χ1) is 20.5. The normalized spacial score (nSPS) is 23.9. The van der Waals surface area contributed by atoms with Gasteiger partial charge in [0.15, 0.2) is 0 Å². The van der Waals surface area contributed by atoms with Gasteiger partial charge in [-0.15, -0.1) is 0 Å². The van der Waals surface area contributed by atoms with Gasteiger partial charge < -0.3 is 30.4 Å². The Morgan fingerprint density at radius 2 is 0.953 bits per heavy atom. The third-order valence-corrected chi connectivity index (χ3v) is 9.92. The molecule has 4 N–H and O–H groups in total. The molecule has 0 aliphatic carbocycles. The van der Waals surface area contributed by atoms with E-state index in [0.29, 0.717) is 6.10 Å². The highest BCUT2D eigenvalue weighted by Crippen LogP contribution is 2.51. The van der Waals surface area contributed by atoms with Crippen LogP contribution in [0.15, 0.2) is 24.3 Å². The van der Waals surface area contributed by atoms with Crippen molar-refractivity contribution in [2.24, 2.45) is 0 Å². The highest BCUT2D eigenvalue weighted by Gasteiger charge is 2.41. The fourth-order valence-corrected chi connectivity index (χ4v) is 7.30. The molecule has 4 atom stereocenters. The molecular weight excluding hydrogens is 536 g/mol. The first kappa shape index (κ1) is 28.8. The fraction of sp³-hybridized carbons (Fsp3) is 0.514. The number of ether oxygens (including phenoxy) is 4. The zero-order valence-corrected chi connectivity index (χ0v) is 26.6. The molecule has 0 saturated carbocycles. The molecule has 4 saturated heterocycles. The second kappa shape index (κ2) is 10.6. The minimum Gasteiger partial charge on any atom is -0.398 e. The van der Waals surface area contributed by atoms with Crippen molar-refractivity contribution in [1.29, 1.82) is 0 Å². The van der Waals surface area contributed by atoms with E-state index in [4.69, 9.17) is 30.4 Å². The van der Waals surface area contributed by atoms with E-state index in [0.717, 1.165) is 85.7 Å². The molecule has 0 spiro atoms. The highest BCUT2D eigenvalue weighted by atomic mass is 16.6. The van der Waals surface area contributed by atoms with Crippen LogP contribution >= 0.6 is 0 Å². The number of epoxide rings is 4. The Balaban J connectivity index is 1.63. The molecule has 6 nitrogen and oxygen atoms in total. The van der Waals surface area contributed by atoms with Gasteiger partial charge in [0.2, 0.25) is 0 Å². The van der Waals surface area contributed by atoms with E-state index in [-0.39, 0.29) is 23.7 Å². The maximum Gasteiger partial charge on any atom is 0.0850 e. The Morgan fingerprint density at radius 1 is 0.581 bits per heavy atom. The van der Waals surface area contributed by atoms with Crippen LogP contribution in [0, 0.1) is 27.7 Å². The molecular formula is C37H46N2O4. The average molecular weight is 583 g/mol. The second-order valence-electron chi connectivity index (χ2n) is 14.1. The van der Waals surface area contributed by atoms with Gasteiger partial charge in [0.1, 0.15) is 0 Å². The number of nitrogens with two attached hydrogens (primary N) is 2. The minimum atomic E-state index is -0.148. The molecule has 4 aliphatic rings. The van der Waals surface area contributed by atoms with Crippen molar-refractivity contribution in [2.45, 2.75) is 97.1 Å². The van der Waals surface area contributed by atoms with Crippen LogP contribution in [-0.4, -0.2) is 50.8 Å². The summed E-state index contributed by atoms with van der Waals surface area (Å²) in [6, 6.07) is 9.17. The predicted molar refractivity (Wildman–Crippen MR) is 173 cm³/mol. The molecule has 4 fully saturated rings. The summed E-state index contributed by atoms with van der Waals surface area (Å²) in [6.45, 7) is 16.6. The summed E-state index contributed by atoms with van der Waals surface area (Å²) in [6.07, 6.45) is 4.71. The minimum absolute atomic E-state index is 0.148. The van der Waals surface area contributed by atoms with Crippen LogP contribution in [-0.2, 0) is 43.6 Å². The van der Waals surface area contributed by atoms with Crippen molar-refractivity contribution in [1.82, 2.24) is 0 Å². The molecule has 3 aromatic rings. The average Bonchev–Trinajstić information content (AvgIpc) is 3.76. The van der Waals surface area contributed by atoms with Crippen LogP contribution in [0.3, 0.4) is 0 Å². The molecule has 4 unspecified atom stereocenters. The maximum absolute atomic E-state index is 6.55. The summed E-state index contributed by atoms with van der Waals surface area (Å²) in [7, 11) is 0. The molecule has 43 heavy (non-hydrogen) atoms. The summed E-state index contributed by atoms with van der Waals surface area (Å²) in [4.78, 5) is 0. The summed E-state index contributed by atoms with van der Waals surface area (Å²) < 4.78 is 23.6. The number of rotatable bonds is 11. The molecule has 0 bridgehead atoms. The third-order valence-electron chi connectivity index (χ3n) is 9.92. The monoisotopic (exact) mass is 582 g/mol. The fourth-order valence-electron chi connectivity index (χ4n) is 7.30. The van der Waals surface area contributed by atoms with E-state index in [1.54, 1.807) is 0 Å². The molecule has 6 heteroatoms. The van der Waals surface area contributed by atoms with Crippen LogP contribution < -0.4 is 11.5 Å². The van der Waals surface area contributed by atoms with Gasteiger partial charge in [0.25, 0.3) is 0 Å². The van der Waals surface area contributed by atoms with Crippen LogP contribution in [0.1, 0.15) is 64.8 Å². The topological polar surface area (TPSA) is 102 Å². The molecule has 0 radical (unpaired) electrons. The van der Waals surface area contributed by atoms with E-state index in [2.05, 4.69) is 65.8 Å². The van der Waals surface area contributed by atoms with Crippen molar-refractivity contribution in [3.05, 3.63) is 68.8 Å². The Bertz CT molecular complexity index is 1550. The van der Waals surface area contributed by atoms with Crippen LogP contribution in [0.4, 0.5) is 11.4 Å². The van der Waals surface area contributed by atoms with Crippen molar-refractivity contribution < 1.29 is 18.9 Å². The van der Waals surface area contributed by atoms with E-state index in [1.165, 1.54) is 44.5 Å². The quantitative estimate of drug-likeness (QED) is 0.203. The summed E-state index contributed by atoms with van der Waals surface area (Å²) >= 11 is 0. The van der Waals surface area contributed by atoms with Crippen molar-refractivity contribution in [3.63, 3.8) is 0 Å². The highest BCUT2D eigenvalue weighted by molar-refractivity contribution is 5.92. The first-order valence-corrected chi connectivity index (χ1v) is 15.9. The summed E-state index contributed by atoms with van der Waals surface area (Å²) in [5.74, 6) is 0. The second-order valence-corrected chi connectivity index (χ2v) is 14.1. The summed E-state index contributed by atoms with van der Waals surface area (Å²) in [5, 5.41) is 0. The largest absolute Gasteiger partial charge is 0.398 e. The van der Waals surface area contributed by atoms with Crippen molar-refractivity contribution in [3.8, 4) is 22.3 Å². The van der Waals surface area contributed by atoms with E-state index in [9.17, 15) is 0 Å². The third kappa shape index (κ3) is 5.83. The van der Waals surface area contributed by atoms with E-state index < -0.39 is 0 Å². The number of hydrogen-bond donors (Lipinski definition) is 2. The first-order valence-electron chi connectivity index (χ1n) is 15.9. The lowest BCUT2D eigenvalue weighted by Gasteiger charge is -2.36. The van der Waals surface area contributed by atoms with Crippen LogP contribution in [0.25, 0.3) is 22.3 Å². The number of hydrogen-bond acceptors (Lipinski definition) is 6. The van der Waals surface area contributed by atoms with Crippen molar-refractivity contribution in [2.75, 3.05) is 37.9 Å². The molecule has 0 aromatic heterocycles. The molecule has 0 amide bonds. The number of anilines is 2. The Morgan fingerprint density at radius 3 is 1.37 bits per heavy atom. The number of nitrogen functional groups attached to an aromatic ring is 2. The van der Waals surface area contributed by atoms with Gasteiger partial charge in [0.05, 0.1) is 50.8 Å². The summed E-state index contributed by atoms with van der Waals surface area (Å²) in [5.41, 5.74) is 29.8. The number of aryl methyl sites for hydroxylation is 4. The zero-order chi connectivity index (χ0) is 30.2. The van der Waals surface area contributed by atoms with Crippen molar-refractivity contribution >= 4 is 11.4 Å². The van der Waals surface area contributed by atoms with E-state index in [1.807, 2.05) is 0 Å². The van der Waals surface area contributed by atoms with Gasteiger partial charge in [-0.3, -0.25) is 0 Å². The maximum atomic E-state index is 6.55. The van der Waals surface area contributed by atoms with Gasteiger partial charge in [-0.25, -0.2) is 0 Å². The molecule has 228 valence electrons. The van der Waals surface area contributed by atoms with Crippen LogP contribution in [0.5, 0.6) is 0 Å². The zero-order valence-electron chi connectivity index (χ0n) is 26.6. The van der Waals surface area contributed by atoms with Gasteiger partial charge >= 0.3 is 0 Å². The SMILES string of the molecule is Cc1cc(-c2c(CC3CO3)c(CC3CO3)c(CC3CO3)c(C(C)(C)CC3CO3)c2-c2cc(C)c(N)c(C)c2)cc(C)c1N.